The van der Waals surface area contributed by atoms with Crippen LogP contribution in [0.25, 0.3) is 0 Å². The fraction of sp³-hybridized carbons (Fsp3) is 0.214. The van der Waals surface area contributed by atoms with Crippen molar-refractivity contribution in [3.8, 4) is 0 Å². The minimum atomic E-state index is -0.660. The normalized spacial score (nSPS) is 10.3. The van der Waals surface area contributed by atoms with Crippen LogP contribution in [0.4, 0.5) is 5.82 Å². The zero-order valence-corrected chi connectivity index (χ0v) is 13.5. The van der Waals surface area contributed by atoms with E-state index in [2.05, 4.69) is 10.5 Å². The molecule has 22 heavy (non-hydrogen) atoms. The van der Waals surface area contributed by atoms with Crippen molar-refractivity contribution >= 4 is 41.1 Å². The second-order valence-corrected chi connectivity index (χ2v) is 5.58. The second kappa shape index (κ2) is 7.33. The summed E-state index contributed by atoms with van der Waals surface area (Å²) in [4.78, 5) is 24.5. The molecule has 0 fully saturated rings. The van der Waals surface area contributed by atoms with E-state index in [-0.39, 0.29) is 16.4 Å². The molecular weight excluding hydrogens is 328 g/mol. The van der Waals surface area contributed by atoms with Crippen LogP contribution in [0.15, 0.2) is 33.7 Å². The summed E-state index contributed by atoms with van der Waals surface area (Å²) in [5.74, 6) is -0.347. The van der Waals surface area contributed by atoms with Gasteiger partial charge in [0.05, 0.1) is 10.6 Å². The summed E-state index contributed by atoms with van der Waals surface area (Å²) in [6.45, 7) is 1.26. The highest BCUT2D eigenvalue weighted by Crippen LogP contribution is 2.23. The predicted octanol–water partition coefficient (Wildman–Crippen LogP) is 3.15. The average Bonchev–Trinajstić information content (AvgIpc) is 2.90. The lowest BCUT2D eigenvalue weighted by atomic mass is 10.2. The van der Waals surface area contributed by atoms with Gasteiger partial charge in [0.25, 0.3) is 5.91 Å². The maximum Gasteiger partial charge on any atom is 0.340 e. The van der Waals surface area contributed by atoms with Crippen molar-refractivity contribution in [3.63, 3.8) is 0 Å². The van der Waals surface area contributed by atoms with Gasteiger partial charge >= 0.3 is 5.97 Å². The first-order valence-corrected chi connectivity index (χ1v) is 7.83. The zero-order chi connectivity index (χ0) is 16.1. The molecule has 0 aliphatic carbocycles. The Balaban J connectivity index is 1.93. The van der Waals surface area contributed by atoms with Gasteiger partial charge in [-0.2, -0.15) is 0 Å². The van der Waals surface area contributed by atoms with Crippen molar-refractivity contribution in [1.82, 2.24) is 5.16 Å². The van der Waals surface area contributed by atoms with E-state index in [9.17, 15) is 9.59 Å². The van der Waals surface area contributed by atoms with Gasteiger partial charge in [-0.05, 0) is 31.4 Å². The Morgan fingerprint density at radius 2 is 2.18 bits per heavy atom. The standard InChI is InChI=1S/C14H13ClN2O4S/c1-8-5-12(17-21-8)16-13(18)7-20-14(19)10-6-9(22-2)3-4-11(10)15/h3-6H,7H2,1-2H3,(H,16,17,18). The summed E-state index contributed by atoms with van der Waals surface area (Å²) in [6.07, 6.45) is 1.88. The highest BCUT2D eigenvalue weighted by molar-refractivity contribution is 7.98. The Morgan fingerprint density at radius 3 is 2.82 bits per heavy atom. The lowest BCUT2D eigenvalue weighted by Gasteiger charge is -2.07. The predicted molar refractivity (Wildman–Crippen MR) is 83.4 cm³/mol. The Kier molecular flexibility index (Phi) is 5.46. The van der Waals surface area contributed by atoms with Crippen molar-refractivity contribution in [2.45, 2.75) is 11.8 Å². The first-order valence-electron chi connectivity index (χ1n) is 6.23. The van der Waals surface area contributed by atoms with E-state index in [0.29, 0.717) is 5.76 Å². The molecule has 1 amide bonds. The summed E-state index contributed by atoms with van der Waals surface area (Å²) in [5.41, 5.74) is 0.221. The fourth-order valence-electron chi connectivity index (χ4n) is 1.60. The molecular formula is C14H13ClN2O4S. The van der Waals surface area contributed by atoms with Gasteiger partial charge in [0, 0.05) is 11.0 Å². The largest absolute Gasteiger partial charge is 0.452 e. The third-order valence-corrected chi connectivity index (χ3v) is 3.68. The molecule has 1 aromatic carbocycles. The van der Waals surface area contributed by atoms with Crippen molar-refractivity contribution in [2.75, 3.05) is 18.2 Å². The highest BCUT2D eigenvalue weighted by Gasteiger charge is 2.15. The van der Waals surface area contributed by atoms with Crippen LogP contribution in [0.2, 0.25) is 5.02 Å². The van der Waals surface area contributed by atoms with Gasteiger partial charge in [-0.1, -0.05) is 16.8 Å². The van der Waals surface area contributed by atoms with Gasteiger partial charge in [0.15, 0.2) is 12.4 Å². The SMILES string of the molecule is CSc1ccc(Cl)c(C(=O)OCC(=O)Nc2cc(C)on2)c1. The Morgan fingerprint density at radius 1 is 1.41 bits per heavy atom. The quantitative estimate of drug-likeness (QED) is 0.665. The monoisotopic (exact) mass is 340 g/mol. The lowest BCUT2D eigenvalue weighted by molar-refractivity contribution is -0.119. The molecule has 1 aromatic heterocycles. The number of aromatic nitrogens is 1. The van der Waals surface area contributed by atoms with Crippen molar-refractivity contribution in [2.24, 2.45) is 0 Å². The number of amides is 1. The van der Waals surface area contributed by atoms with Crippen LogP contribution >= 0.6 is 23.4 Å². The van der Waals surface area contributed by atoms with Crippen molar-refractivity contribution < 1.29 is 18.8 Å². The Labute approximate surface area is 136 Å². The topological polar surface area (TPSA) is 81.4 Å². The Bertz CT molecular complexity index is 702. The molecule has 0 aliphatic rings. The molecule has 0 spiro atoms. The Hall–Kier alpha value is -1.99. The summed E-state index contributed by atoms with van der Waals surface area (Å²) in [5, 5.41) is 6.33. The fourth-order valence-corrected chi connectivity index (χ4v) is 2.24. The highest BCUT2D eigenvalue weighted by atomic mass is 35.5. The van der Waals surface area contributed by atoms with Gasteiger partial charge in [0.1, 0.15) is 5.76 Å². The van der Waals surface area contributed by atoms with Gasteiger partial charge in [-0.3, -0.25) is 4.79 Å². The average molecular weight is 341 g/mol. The number of thioether (sulfide) groups is 1. The molecule has 8 heteroatoms. The smallest absolute Gasteiger partial charge is 0.340 e. The van der Waals surface area contributed by atoms with Crippen LogP contribution in [0, 0.1) is 6.92 Å². The van der Waals surface area contributed by atoms with Gasteiger partial charge in [0.2, 0.25) is 0 Å². The summed E-state index contributed by atoms with van der Waals surface area (Å²) < 4.78 is 9.76. The molecule has 0 saturated heterocycles. The minimum absolute atomic E-state index is 0.221. The number of anilines is 1. The summed E-state index contributed by atoms with van der Waals surface area (Å²) >= 11 is 7.44. The maximum atomic E-state index is 12.0. The summed E-state index contributed by atoms with van der Waals surface area (Å²) in [6, 6.07) is 6.58. The number of aryl methyl sites for hydroxylation is 1. The van der Waals surface area contributed by atoms with Crippen molar-refractivity contribution in [1.29, 1.82) is 0 Å². The third kappa shape index (κ3) is 4.25. The first-order chi connectivity index (χ1) is 10.5. The number of hydrogen-bond donors (Lipinski definition) is 1. The number of nitrogens with zero attached hydrogens (tertiary/aromatic N) is 1. The molecule has 0 atom stereocenters. The van der Waals surface area contributed by atoms with E-state index in [1.807, 2.05) is 6.26 Å². The zero-order valence-electron chi connectivity index (χ0n) is 11.9. The van der Waals surface area contributed by atoms with Crippen LogP contribution in [0.5, 0.6) is 0 Å². The van der Waals surface area contributed by atoms with Gasteiger partial charge in [-0.25, -0.2) is 4.79 Å². The summed E-state index contributed by atoms with van der Waals surface area (Å²) in [7, 11) is 0. The van der Waals surface area contributed by atoms with Crippen LogP contribution < -0.4 is 5.32 Å². The first kappa shape index (κ1) is 16.4. The molecule has 6 nitrogen and oxygen atoms in total. The van der Waals surface area contributed by atoms with E-state index < -0.39 is 18.5 Å². The molecule has 0 radical (unpaired) electrons. The van der Waals surface area contributed by atoms with Crippen LogP contribution in [0.1, 0.15) is 16.1 Å². The van der Waals surface area contributed by atoms with Gasteiger partial charge < -0.3 is 14.6 Å². The molecule has 116 valence electrons. The van der Waals surface area contributed by atoms with Crippen LogP contribution in [-0.4, -0.2) is 29.9 Å². The minimum Gasteiger partial charge on any atom is -0.452 e. The van der Waals surface area contributed by atoms with Gasteiger partial charge in [-0.15, -0.1) is 11.8 Å². The second-order valence-electron chi connectivity index (χ2n) is 4.29. The lowest BCUT2D eigenvalue weighted by Crippen LogP contribution is -2.21. The number of carbonyl (C=O) groups is 2. The van der Waals surface area contributed by atoms with E-state index in [0.717, 1.165) is 4.90 Å². The van der Waals surface area contributed by atoms with Crippen molar-refractivity contribution in [3.05, 3.63) is 40.6 Å². The number of ether oxygens (including phenoxy) is 1. The number of carbonyl (C=O) groups excluding carboxylic acids is 2. The number of hydrogen-bond acceptors (Lipinski definition) is 6. The molecule has 0 unspecified atom stereocenters. The molecule has 2 rings (SSSR count). The van der Waals surface area contributed by atoms with E-state index in [1.54, 1.807) is 31.2 Å². The van der Waals surface area contributed by atoms with Crippen LogP contribution in [-0.2, 0) is 9.53 Å². The van der Waals surface area contributed by atoms with Crippen LogP contribution in [0.3, 0.4) is 0 Å². The third-order valence-electron chi connectivity index (χ3n) is 2.62. The number of benzene rings is 1. The van der Waals surface area contributed by atoms with E-state index in [4.69, 9.17) is 20.9 Å². The number of halogens is 1. The molecule has 2 aromatic rings. The number of rotatable bonds is 5. The molecule has 0 bridgehead atoms. The molecule has 0 saturated carbocycles. The number of esters is 1. The molecule has 1 heterocycles. The number of nitrogens with one attached hydrogen (secondary N) is 1. The van der Waals surface area contributed by atoms with E-state index in [1.165, 1.54) is 11.8 Å². The maximum absolute atomic E-state index is 12.0. The molecule has 0 aliphatic heterocycles. The van der Waals surface area contributed by atoms with E-state index >= 15 is 0 Å². The molecule has 1 N–H and O–H groups in total.